The molecule has 0 spiro atoms. The number of nitrogens with two attached hydrogens (primary N) is 1. The van der Waals surface area contributed by atoms with Crippen molar-refractivity contribution in [1.82, 2.24) is 14.6 Å². The lowest BCUT2D eigenvalue weighted by Gasteiger charge is -2.16. The molecule has 0 radical (unpaired) electrons. The molecule has 11 heteroatoms. The summed E-state index contributed by atoms with van der Waals surface area (Å²) in [5.41, 5.74) is 13.2. The van der Waals surface area contributed by atoms with Crippen molar-refractivity contribution in [2.24, 2.45) is 0 Å². The standard InChI is InChI=1S/C32H36N4O5.C12H26O2/c1-4-24-25-16-23(40-14-6-13-35(39)17-21-7-9-22(33)10-8-21)11-12-28(25)34-31-26(24)18-36-29(31)15-20(3)27(32(36)38)19-41-30(37)5-2;1-3-5-6-7-8-10-14-12-11-13-9-4-2/h7-12,15-16,39H,4-6,13-14,17-19,33H2,1-3H3;3-12H2,1-2H3. The lowest BCUT2D eigenvalue weighted by molar-refractivity contribution is -0.144. The number of carbonyl (C=O) groups excluding carboxylic acids is 1. The highest BCUT2D eigenvalue weighted by molar-refractivity contribution is 5.89. The van der Waals surface area contributed by atoms with Crippen LogP contribution < -0.4 is 16.0 Å². The summed E-state index contributed by atoms with van der Waals surface area (Å²) in [7, 11) is 0. The van der Waals surface area contributed by atoms with Crippen molar-refractivity contribution in [3.8, 4) is 17.1 Å². The molecule has 0 unspecified atom stereocenters. The number of rotatable bonds is 22. The molecular formula is C44H62N4O7. The lowest BCUT2D eigenvalue weighted by Crippen LogP contribution is -2.25. The summed E-state index contributed by atoms with van der Waals surface area (Å²) in [4.78, 5) is 30.1. The Kier molecular flexibility index (Phi) is 18.1. The van der Waals surface area contributed by atoms with Gasteiger partial charge in [-0.25, -0.2) is 4.98 Å². The van der Waals surface area contributed by atoms with Gasteiger partial charge in [0.15, 0.2) is 0 Å². The van der Waals surface area contributed by atoms with Crippen LogP contribution in [0.3, 0.4) is 0 Å². The molecule has 2 aromatic heterocycles. The second-order valence-corrected chi connectivity index (χ2v) is 14.0. The van der Waals surface area contributed by atoms with Gasteiger partial charge in [0.1, 0.15) is 12.4 Å². The van der Waals surface area contributed by atoms with E-state index in [9.17, 15) is 14.8 Å². The van der Waals surface area contributed by atoms with E-state index in [1.54, 1.807) is 11.5 Å². The van der Waals surface area contributed by atoms with Crippen molar-refractivity contribution in [3.63, 3.8) is 0 Å². The quantitative estimate of drug-likeness (QED) is 0.0306. The van der Waals surface area contributed by atoms with E-state index in [4.69, 9.17) is 29.7 Å². The monoisotopic (exact) mass is 758 g/mol. The van der Waals surface area contributed by atoms with Gasteiger partial charge in [0.05, 0.1) is 48.8 Å². The minimum Gasteiger partial charge on any atom is -0.494 e. The molecule has 55 heavy (non-hydrogen) atoms. The number of pyridine rings is 2. The van der Waals surface area contributed by atoms with Crippen molar-refractivity contribution in [2.45, 2.75) is 112 Å². The number of nitrogens with zero attached hydrogens (tertiary/aromatic N) is 3. The third-order valence-corrected chi connectivity index (χ3v) is 9.66. The first-order chi connectivity index (χ1) is 26.7. The summed E-state index contributed by atoms with van der Waals surface area (Å²) in [6.07, 6.45) is 9.33. The Balaban J connectivity index is 0.000000410. The Morgan fingerprint density at radius 3 is 2.33 bits per heavy atom. The predicted octanol–water partition coefficient (Wildman–Crippen LogP) is 8.39. The first-order valence-electron chi connectivity index (χ1n) is 20.1. The van der Waals surface area contributed by atoms with Crippen LogP contribution in [0.4, 0.5) is 5.69 Å². The Hall–Kier alpha value is -4.29. The smallest absolute Gasteiger partial charge is 0.305 e. The zero-order chi connectivity index (χ0) is 39.6. The summed E-state index contributed by atoms with van der Waals surface area (Å²) >= 11 is 0. The third kappa shape index (κ3) is 12.9. The van der Waals surface area contributed by atoms with Crippen LogP contribution in [0.15, 0.2) is 53.3 Å². The largest absolute Gasteiger partial charge is 0.494 e. The van der Waals surface area contributed by atoms with Gasteiger partial charge in [-0.1, -0.05) is 65.5 Å². The molecule has 0 saturated carbocycles. The van der Waals surface area contributed by atoms with Gasteiger partial charge in [-0.3, -0.25) is 9.59 Å². The number of hydrogen-bond acceptors (Lipinski definition) is 10. The first-order valence-corrected chi connectivity index (χ1v) is 20.1. The number of unbranched alkanes of at least 4 members (excludes halogenated alkanes) is 4. The molecule has 0 amide bonds. The predicted molar refractivity (Wildman–Crippen MR) is 219 cm³/mol. The molecule has 1 aliphatic heterocycles. The minimum atomic E-state index is -0.330. The van der Waals surface area contributed by atoms with E-state index in [2.05, 4.69) is 20.8 Å². The third-order valence-electron chi connectivity index (χ3n) is 9.66. The lowest BCUT2D eigenvalue weighted by atomic mass is 9.98. The van der Waals surface area contributed by atoms with Gasteiger partial charge in [-0.15, -0.1) is 0 Å². The van der Waals surface area contributed by atoms with Crippen LogP contribution in [-0.4, -0.2) is 65.4 Å². The van der Waals surface area contributed by atoms with E-state index in [1.165, 1.54) is 37.2 Å². The molecule has 0 saturated heterocycles. The molecule has 5 rings (SSSR count). The summed E-state index contributed by atoms with van der Waals surface area (Å²) in [5.74, 6) is 0.407. The highest BCUT2D eigenvalue weighted by atomic mass is 16.5. The van der Waals surface area contributed by atoms with E-state index in [-0.39, 0.29) is 24.6 Å². The van der Waals surface area contributed by atoms with Gasteiger partial charge in [0, 0.05) is 49.4 Å². The second kappa shape index (κ2) is 22.9. The van der Waals surface area contributed by atoms with Crippen LogP contribution >= 0.6 is 0 Å². The molecule has 0 fully saturated rings. The fourth-order valence-corrected chi connectivity index (χ4v) is 6.60. The zero-order valence-corrected chi connectivity index (χ0v) is 33.7. The number of hydrogen-bond donors (Lipinski definition) is 2. The number of esters is 1. The maximum atomic E-state index is 13.4. The first kappa shape index (κ1) is 43.4. The zero-order valence-electron chi connectivity index (χ0n) is 33.7. The van der Waals surface area contributed by atoms with Crippen LogP contribution in [0, 0.1) is 6.92 Å². The average Bonchev–Trinajstić information content (AvgIpc) is 3.55. The Morgan fingerprint density at radius 2 is 1.62 bits per heavy atom. The van der Waals surface area contributed by atoms with Crippen LogP contribution in [-0.2, 0) is 45.1 Å². The van der Waals surface area contributed by atoms with Crippen molar-refractivity contribution in [3.05, 3.63) is 86.7 Å². The molecule has 3 N–H and O–H groups in total. The summed E-state index contributed by atoms with van der Waals surface area (Å²) in [6.45, 7) is 15.1. The van der Waals surface area contributed by atoms with Gasteiger partial charge in [0.25, 0.3) is 5.56 Å². The van der Waals surface area contributed by atoms with Gasteiger partial charge in [-0.05, 0) is 85.7 Å². The fraction of sp³-hybridized carbons (Fsp3) is 0.523. The van der Waals surface area contributed by atoms with Crippen LogP contribution in [0.5, 0.6) is 5.75 Å². The van der Waals surface area contributed by atoms with Crippen molar-refractivity contribution in [2.75, 3.05) is 45.3 Å². The average molecular weight is 759 g/mol. The van der Waals surface area contributed by atoms with Crippen molar-refractivity contribution < 1.29 is 28.9 Å². The maximum Gasteiger partial charge on any atom is 0.305 e. The number of anilines is 1. The number of hydroxylamine groups is 2. The highest BCUT2D eigenvalue weighted by Crippen LogP contribution is 2.37. The van der Waals surface area contributed by atoms with Crippen LogP contribution in [0.25, 0.3) is 22.3 Å². The molecule has 300 valence electrons. The number of carbonyl (C=O) groups is 1. The SMILES string of the molecule is CCC(=O)OCc1c(C)cc2n(c1=O)Cc1c-2nc2ccc(OCCCN(O)Cc3ccc(N)cc3)cc2c1CC.CCCCCCCOCCOCCC. The number of benzene rings is 2. The van der Waals surface area contributed by atoms with E-state index in [0.717, 1.165) is 89.6 Å². The van der Waals surface area contributed by atoms with Crippen LogP contribution in [0.2, 0.25) is 0 Å². The molecule has 0 bridgehead atoms. The summed E-state index contributed by atoms with van der Waals surface area (Å²) in [5, 5.41) is 12.5. The Labute approximate surface area is 326 Å². The molecule has 11 nitrogen and oxygen atoms in total. The molecule has 0 atom stereocenters. The van der Waals surface area contributed by atoms with E-state index in [0.29, 0.717) is 43.9 Å². The van der Waals surface area contributed by atoms with Gasteiger partial charge in [0.2, 0.25) is 0 Å². The molecular weight excluding hydrogens is 697 g/mol. The second-order valence-electron chi connectivity index (χ2n) is 14.0. The normalized spacial score (nSPS) is 11.7. The molecule has 1 aliphatic rings. The number of fused-ring (bicyclic) bond motifs is 4. The number of ether oxygens (including phenoxy) is 4. The highest BCUT2D eigenvalue weighted by Gasteiger charge is 2.27. The van der Waals surface area contributed by atoms with Gasteiger partial charge < -0.3 is 34.5 Å². The number of nitrogen functional groups attached to an aromatic ring is 1. The van der Waals surface area contributed by atoms with Crippen molar-refractivity contribution in [1.29, 1.82) is 0 Å². The Morgan fingerprint density at radius 1 is 0.873 bits per heavy atom. The van der Waals surface area contributed by atoms with Gasteiger partial charge >= 0.3 is 5.97 Å². The van der Waals surface area contributed by atoms with Gasteiger partial charge in [-0.2, -0.15) is 5.06 Å². The van der Waals surface area contributed by atoms with Crippen LogP contribution in [0.1, 0.15) is 107 Å². The summed E-state index contributed by atoms with van der Waals surface area (Å²) < 4.78 is 23.8. The minimum absolute atomic E-state index is 0.0277. The van der Waals surface area contributed by atoms with Crippen molar-refractivity contribution >= 4 is 22.6 Å². The van der Waals surface area contributed by atoms with E-state index >= 15 is 0 Å². The Bertz CT molecular complexity index is 1850. The van der Waals surface area contributed by atoms with E-state index < -0.39 is 0 Å². The van der Waals surface area contributed by atoms with E-state index in [1.807, 2.05) is 55.5 Å². The fourth-order valence-electron chi connectivity index (χ4n) is 6.60. The maximum absolute atomic E-state index is 13.4. The summed E-state index contributed by atoms with van der Waals surface area (Å²) in [6, 6.07) is 15.3. The topological polar surface area (TPSA) is 138 Å². The molecule has 4 aromatic rings. The molecule has 2 aromatic carbocycles. The molecule has 0 aliphatic carbocycles. The number of aryl methyl sites for hydroxylation is 2. The molecule has 3 heterocycles. The number of aromatic nitrogens is 2.